The quantitative estimate of drug-likeness (QED) is 0.887. The molecule has 1 atom stereocenters. The molecule has 1 unspecified atom stereocenters. The minimum atomic E-state index is -4.09. The second kappa shape index (κ2) is 5.50. The van der Waals surface area contributed by atoms with Gasteiger partial charge in [0.15, 0.2) is 0 Å². The SMILES string of the molecule is NS(=O)(=O)c1ccccc1C(CCF)C(F)F. The Morgan fingerprint density at radius 3 is 2.29 bits per heavy atom. The molecule has 0 radical (unpaired) electrons. The van der Waals surface area contributed by atoms with E-state index in [1.165, 1.54) is 18.2 Å². The van der Waals surface area contributed by atoms with Crippen molar-refractivity contribution in [1.29, 1.82) is 0 Å². The molecule has 1 rings (SSSR count). The van der Waals surface area contributed by atoms with E-state index < -0.39 is 35.5 Å². The molecule has 0 saturated carbocycles. The Kier molecular flexibility index (Phi) is 4.53. The molecule has 1 aromatic rings. The van der Waals surface area contributed by atoms with Crippen LogP contribution < -0.4 is 5.14 Å². The minimum absolute atomic E-state index is 0.136. The zero-order valence-electron chi connectivity index (χ0n) is 8.81. The van der Waals surface area contributed by atoms with Crippen LogP contribution in [0.3, 0.4) is 0 Å². The summed E-state index contributed by atoms with van der Waals surface area (Å²) in [5.74, 6) is -1.46. The first-order chi connectivity index (χ1) is 7.88. The molecule has 7 heteroatoms. The monoisotopic (exact) mass is 267 g/mol. The van der Waals surface area contributed by atoms with Crippen LogP contribution in [0.4, 0.5) is 13.2 Å². The van der Waals surface area contributed by atoms with E-state index in [4.69, 9.17) is 5.14 Å². The van der Waals surface area contributed by atoms with Crippen LogP contribution in [-0.2, 0) is 10.0 Å². The molecule has 0 aliphatic carbocycles. The van der Waals surface area contributed by atoms with Crippen molar-refractivity contribution >= 4 is 10.0 Å². The lowest BCUT2D eigenvalue weighted by Gasteiger charge is -2.17. The summed E-state index contributed by atoms with van der Waals surface area (Å²) >= 11 is 0. The predicted octanol–water partition coefficient (Wildman–Crippen LogP) is 2.04. The second-order valence-electron chi connectivity index (χ2n) is 3.50. The van der Waals surface area contributed by atoms with E-state index >= 15 is 0 Å². The first-order valence-electron chi connectivity index (χ1n) is 4.83. The summed E-state index contributed by atoms with van der Waals surface area (Å²) in [5.41, 5.74) is -0.136. The van der Waals surface area contributed by atoms with Crippen LogP contribution in [0, 0.1) is 0 Å². The highest BCUT2D eigenvalue weighted by Gasteiger charge is 2.27. The molecule has 0 aliphatic heterocycles. The fourth-order valence-corrected chi connectivity index (χ4v) is 2.40. The summed E-state index contributed by atoms with van der Waals surface area (Å²) in [6, 6.07) is 5.16. The molecular weight excluding hydrogens is 255 g/mol. The standard InChI is InChI=1S/C10H12F3NO2S/c11-6-5-8(10(12)13)7-3-1-2-4-9(7)17(14,15)16/h1-4,8,10H,5-6H2,(H2,14,15,16). The molecule has 0 fully saturated rings. The molecule has 3 nitrogen and oxygen atoms in total. The van der Waals surface area contributed by atoms with Gasteiger partial charge in [-0.05, 0) is 18.1 Å². The van der Waals surface area contributed by atoms with Gasteiger partial charge in [0.25, 0.3) is 0 Å². The fourth-order valence-electron chi connectivity index (χ4n) is 1.58. The molecule has 0 spiro atoms. The average molecular weight is 267 g/mol. The Hall–Kier alpha value is -1.08. The lowest BCUT2D eigenvalue weighted by Crippen LogP contribution is -2.19. The van der Waals surface area contributed by atoms with Crippen LogP contribution in [-0.4, -0.2) is 21.5 Å². The van der Waals surface area contributed by atoms with Crippen LogP contribution in [0.15, 0.2) is 29.2 Å². The first kappa shape index (κ1) is 14.0. The fraction of sp³-hybridized carbons (Fsp3) is 0.400. The lowest BCUT2D eigenvalue weighted by molar-refractivity contribution is 0.105. The summed E-state index contributed by atoms with van der Waals surface area (Å²) in [6.45, 7) is -0.950. The van der Waals surface area contributed by atoms with Gasteiger partial charge in [-0.15, -0.1) is 0 Å². The number of rotatable bonds is 5. The number of halogens is 3. The van der Waals surface area contributed by atoms with Crippen molar-refractivity contribution in [2.24, 2.45) is 5.14 Å². The number of hydrogen-bond acceptors (Lipinski definition) is 2. The maximum atomic E-state index is 12.7. The number of alkyl halides is 3. The Labute approximate surface area is 97.5 Å². The van der Waals surface area contributed by atoms with Crippen molar-refractivity contribution in [3.05, 3.63) is 29.8 Å². The van der Waals surface area contributed by atoms with Crippen LogP contribution in [0.2, 0.25) is 0 Å². The van der Waals surface area contributed by atoms with Crippen molar-refractivity contribution in [2.75, 3.05) is 6.67 Å². The third-order valence-electron chi connectivity index (χ3n) is 2.35. The molecule has 0 aliphatic rings. The molecule has 2 N–H and O–H groups in total. The van der Waals surface area contributed by atoms with Gasteiger partial charge in [0, 0.05) is 5.92 Å². The van der Waals surface area contributed by atoms with Gasteiger partial charge in [0.1, 0.15) is 0 Å². The number of primary sulfonamides is 1. The Balaban J connectivity index is 3.29. The third kappa shape index (κ3) is 3.44. The highest BCUT2D eigenvalue weighted by Crippen LogP contribution is 2.31. The van der Waals surface area contributed by atoms with E-state index in [1.807, 2.05) is 0 Å². The Morgan fingerprint density at radius 2 is 1.82 bits per heavy atom. The molecular formula is C10H12F3NO2S. The van der Waals surface area contributed by atoms with Crippen molar-refractivity contribution in [3.63, 3.8) is 0 Å². The minimum Gasteiger partial charge on any atom is -0.251 e. The lowest BCUT2D eigenvalue weighted by atomic mass is 9.97. The number of nitrogens with two attached hydrogens (primary N) is 1. The number of benzene rings is 1. The highest BCUT2D eigenvalue weighted by atomic mass is 32.2. The first-order valence-corrected chi connectivity index (χ1v) is 6.38. The molecule has 0 saturated heterocycles. The summed E-state index contributed by atoms with van der Waals surface area (Å²) in [5, 5.41) is 4.93. The summed E-state index contributed by atoms with van der Waals surface area (Å²) in [7, 11) is -4.09. The molecule has 0 amide bonds. The Morgan fingerprint density at radius 1 is 1.24 bits per heavy atom. The smallest absolute Gasteiger partial charge is 0.245 e. The maximum Gasteiger partial charge on any atom is 0.245 e. The molecule has 96 valence electrons. The summed E-state index contributed by atoms with van der Waals surface area (Å²) in [4.78, 5) is -0.376. The third-order valence-corrected chi connectivity index (χ3v) is 3.33. The van der Waals surface area contributed by atoms with Crippen molar-refractivity contribution in [3.8, 4) is 0 Å². The van der Waals surface area contributed by atoms with Gasteiger partial charge >= 0.3 is 0 Å². The molecule has 0 aromatic heterocycles. The average Bonchev–Trinajstić information content (AvgIpc) is 2.24. The topological polar surface area (TPSA) is 60.2 Å². The van der Waals surface area contributed by atoms with E-state index in [0.29, 0.717) is 0 Å². The van der Waals surface area contributed by atoms with Crippen LogP contribution in [0.25, 0.3) is 0 Å². The van der Waals surface area contributed by atoms with E-state index in [2.05, 4.69) is 0 Å². The van der Waals surface area contributed by atoms with Gasteiger partial charge in [-0.25, -0.2) is 22.3 Å². The summed E-state index contributed by atoms with van der Waals surface area (Å²) < 4.78 is 60.1. The van der Waals surface area contributed by atoms with Gasteiger partial charge in [-0.2, -0.15) is 0 Å². The van der Waals surface area contributed by atoms with Crippen LogP contribution >= 0.6 is 0 Å². The van der Waals surface area contributed by atoms with E-state index in [0.717, 1.165) is 6.07 Å². The zero-order chi connectivity index (χ0) is 13.1. The zero-order valence-corrected chi connectivity index (χ0v) is 9.63. The van der Waals surface area contributed by atoms with E-state index in [-0.39, 0.29) is 10.5 Å². The van der Waals surface area contributed by atoms with Crippen molar-refractivity contribution in [2.45, 2.75) is 23.7 Å². The second-order valence-corrected chi connectivity index (χ2v) is 5.03. The molecule has 17 heavy (non-hydrogen) atoms. The summed E-state index contributed by atoms with van der Waals surface area (Å²) in [6.07, 6.45) is -3.28. The van der Waals surface area contributed by atoms with E-state index in [9.17, 15) is 21.6 Å². The molecule has 0 heterocycles. The van der Waals surface area contributed by atoms with Crippen molar-refractivity contribution in [1.82, 2.24) is 0 Å². The molecule has 1 aromatic carbocycles. The van der Waals surface area contributed by atoms with Gasteiger partial charge in [-0.3, -0.25) is 4.39 Å². The van der Waals surface area contributed by atoms with Crippen LogP contribution in [0.1, 0.15) is 17.9 Å². The van der Waals surface area contributed by atoms with E-state index in [1.54, 1.807) is 0 Å². The van der Waals surface area contributed by atoms with Gasteiger partial charge in [-0.1, -0.05) is 18.2 Å². The largest absolute Gasteiger partial charge is 0.251 e. The van der Waals surface area contributed by atoms with Gasteiger partial charge in [0.05, 0.1) is 11.6 Å². The number of sulfonamides is 1. The predicted molar refractivity (Wildman–Crippen MR) is 57.2 cm³/mol. The van der Waals surface area contributed by atoms with Crippen LogP contribution in [0.5, 0.6) is 0 Å². The normalized spacial score (nSPS) is 13.9. The highest BCUT2D eigenvalue weighted by molar-refractivity contribution is 7.89. The van der Waals surface area contributed by atoms with Crippen molar-refractivity contribution < 1.29 is 21.6 Å². The van der Waals surface area contributed by atoms with Gasteiger partial charge in [0.2, 0.25) is 16.4 Å². The molecule has 0 bridgehead atoms. The number of hydrogen-bond donors (Lipinski definition) is 1. The van der Waals surface area contributed by atoms with Gasteiger partial charge < -0.3 is 0 Å². The maximum absolute atomic E-state index is 12.7. The Bertz CT molecular complexity index is 476.